The van der Waals surface area contributed by atoms with Crippen molar-refractivity contribution in [2.24, 2.45) is 5.41 Å². The number of nitrogens with zero attached hydrogens (tertiary/aromatic N) is 2. The Hall–Kier alpha value is -1.05. The molecule has 3 rings (SSSR count). The number of ether oxygens (including phenoxy) is 1. The van der Waals surface area contributed by atoms with E-state index in [-0.39, 0.29) is 12.4 Å². The summed E-state index contributed by atoms with van der Waals surface area (Å²) in [5.74, 6) is -0.266. The predicted molar refractivity (Wildman–Crippen MR) is 93.9 cm³/mol. The van der Waals surface area contributed by atoms with E-state index >= 15 is 0 Å². The van der Waals surface area contributed by atoms with Crippen molar-refractivity contribution < 1.29 is 19.3 Å². The summed E-state index contributed by atoms with van der Waals surface area (Å²) >= 11 is 0. The van der Waals surface area contributed by atoms with Crippen LogP contribution >= 0.6 is 0 Å². The fraction of sp³-hybridized carbons (Fsp3) is 0.684. The lowest BCUT2D eigenvalue weighted by Gasteiger charge is -2.46. The molecular formula is C19H29FN2O3. The lowest BCUT2D eigenvalue weighted by Crippen LogP contribution is -2.56. The molecule has 2 atom stereocenters. The first-order valence-corrected chi connectivity index (χ1v) is 9.17. The minimum atomic E-state index is -0.582. The van der Waals surface area contributed by atoms with Gasteiger partial charge in [-0.15, -0.1) is 0 Å². The fourth-order valence-electron chi connectivity index (χ4n) is 3.93. The van der Waals surface area contributed by atoms with Crippen molar-refractivity contribution in [2.45, 2.75) is 18.9 Å². The molecule has 0 unspecified atom stereocenters. The third kappa shape index (κ3) is 4.77. The van der Waals surface area contributed by atoms with Gasteiger partial charge in [-0.2, -0.15) is 0 Å². The first-order valence-electron chi connectivity index (χ1n) is 9.17. The van der Waals surface area contributed by atoms with E-state index in [0.29, 0.717) is 19.4 Å². The molecule has 1 aromatic carbocycles. The van der Waals surface area contributed by atoms with Crippen molar-refractivity contribution in [2.75, 3.05) is 59.1 Å². The van der Waals surface area contributed by atoms with Gasteiger partial charge in [0.25, 0.3) is 0 Å². The summed E-state index contributed by atoms with van der Waals surface area (Å²) in [4.78, 5) is 4.73. The number of rotatable bonds is 6. The second-order valence-corrected chi connectivity index (χ2v) is 7.36. The number of morpholine rings is 1. The van der Waals surface area contributed by atoms with Crippen LogP contribution in [0.2, 0.25) is 0 Å². The zero-order valence-electron chi connectivity index (χ0n) is 14.7. The Kier molecular flexibility index (Phi) is 6.41. The van der Waals surface area contributed by atoms with Crippen molar-refractivity contribution in [3.05, 3.63) is 35.6 Å². The van der Waals surface area contributed by atoms with Crippen molar-refractivity contribution in [3.8, 4) is 0 Å². The molecule has 0 spiro atoms. The van der Waals surface area contributed by atoms with E-state index in [1.54, 1.807) is 12.1 Å². The number of benzene rings is 1. The third-order valence-corrected chi connectivity index (χ3v) is 5.58. The van der Waals surface area contributed by atoms with E-state index in [1.165, 1.54) is 12.1 Å². The fourth-order valence-corrected chi connectivity index (χ4v) is 3.93. The Balaban J connectivity index is 1.61. The van der Waals surface area contributed by atoms with Crippen molar-refractivity contribution in [1.29, 1.82) is 0 Å². The summed E-state index contributed by atoms with van der Waals surface area (Å²) in [5, 5.41) is 20.7. The van der Waals surface area contributed by atoms with E-state index in [2.05, 4.69) is 9.80 Å². The molecule has 0 saturated carbocycles. The monoisotopic (exact) mass is 352 g/mol. The van der Waals surface area contributed by atoms with Gasteiger partial charge >= 0.3 is 0 Å². The summed E-state index contributed by atoms with van der Waals surface area (Å²) < 4.78 is 18.5. The minimum absolute atomic E-state index is 0.0698. The van der Waals surface area contributed by atoms with Crippen LogP contribution in [0.4, 0.5) is 4.39 Å². The molecule has 5 nitrogen and oxygen atoms in total. The smallest absolute Gasteiger partial charge is 0.123 e. The molecule has 0 amide bonds. The van der Waals surface area contributed by atoms with Gasteiger partial charge in [-0.05, 0) is 30.5 Å². The topological polar surface area (TPSA) is 56.2 Å². The second-order valence-electron chi connectivity index (χ2n) is 7.36. The Morgan fingerprint density at radius 1 is 1.08 bits per heavy atom. The molecule has 6 heteroatoms. The number of hydrogen-bond acceptors (Lipinski definition) is 5. The molecule has 2 N–H and O–H groups in total. The van der Waals surface area contributed by atoms with Gasteiger partial charge in [-0.3, -0.25) is 4.90 Å². The summed E-state index contributed by atoms with van der Waals surface area (Å²) in [6.45, 7) is 6.88. The normalized spacial score (nSPS) is 29.0. The molecule has 2 fully saturated rings. The molecule has 2 saturated heterocycles. The lowest BCUT2D eigenvalue weighted by molar-refractivity contribution is -0.0769. The zero-order valence-corrected chi connectivity index (χ0v) is 14.7. The Morgan fingerprint density at radius 3 is 2.44 bits per heavy atom. The van der Waals surface area contributed by atoms with Crippen LogP contribution in [0.15, 0.2) is 24.3 Å². The van der Waals surface area contributed by atoms with Crippen LogP contribution in [0.25, 0.3) is 0 Å². The number of halogens is 1. The van der Waals surface area contributed by atoms with Gasteiger partial charge in [0.1, 0.15) is 5.82 Å². The number of hydrogen-bond donors (Lipinski definition) is 2. The molecule has 25 heavy (non-hydrogen) atoms. The van der Waals surface area contributed by atoms with Gasteiger partial charge in [0.2, 0.25) is 0 Å². The van der Waals surface area contributed by atoms with Crippen LogP contribution in [-0.2, 0) is 11.2 Å². The number of aliphatic hydroxyl groups is 2. The minimum Gasteiger partial charge on any atom is -0.396 e. The molecule has 1 aromatic rings. The Morgan fingerprint density at radius 2 is 1.76 bits per heavy atom. The molecule has 2 aliphatic heterocycles. The van der Waals surface area contributed by atoms with Gasteiger partial charge in [0, 0.05) is 44.7 Å². The molecular weight excluding hydrogens is 323 g/mol. The van der Waals surface area contributed by atoms with Gasteiger partial charge in [-0.1, -0.05) is 12.1 Å². The molecule has 0 aromatic heterocycles. The molecule has 0 bridgehead atoms. The second kappa shape index (κ2) is 8.56. The van der Waals surface area contributed by atoms with Crippen LogP contribution in [0, 0.1) is 11.2 Å². The van der Waals surface area contributed by atoms with Crippen molar-refractivity contribution in [1.82, 2.24) is 9.80 Å². The highest BCUT2D eigenvalue weighted by Gasteiger charge is 2.42. The van der Waals surface area contributed by atoms with E-state index in [1.807, 2.05) is 0 Å². The van der Waals surface area contributed by atoms with Gasteiger partial charge < -0.3 is 19.8 Å². The van der Waals surface area contributed by atoms with Gasteiger partial charge in [0.15, 0.2) is 0 Å². The van der Waals surface area contributed by atoms with Crippen LogP contribution in [0.3, 0.4) is 0 Å². The van der Waals surface area contributed by atoms with Gasteiger partial charge in [0.05, 0.1) is 25.9 Å². The number of piperidine rings is 1. The molecule has 0 radical (unpaired) electrons. The summed E-state index contributed by atoms with van der Waals surface area (Å²) in [7, 11) is 0. The Bertz CT molecular complexity index is 536. The average Bonchev–Trinajstić information content (AvgIpc) is 2.65. The maximum absolute atomic E-state index is 13.1. The standard InChI is InChI=1S/C19H29FN2O3/c20-17-3-1-16(2-4-17)13-19(15-23)14-22(6-5-18(19)24)8-7-21-9-11-25-12-10-21/h1-4,18,23-24H,5-15H2/t18-,19-/m0/s1. The highest BCUT2D eigenvalue weighted by molar-refractivity contribution is 5.19. The largest absolute Gasteiger partial charge is 0.396 e. The SMILES string of the molecule is OC[C@]1(Cc2ccc(F)cc2)CN(CCN2CCOCC2)CC[C@@H]1O. The molecule has 140 valence electrons. The van der Waals surface area contributed by atoms with Crippen LogP contribution < -0.4 is 0 Å². The van der Waals surface area contributed by atoms with Crippen LogP contribution in [-0.4, -0.2) is 85.2 Å². The molecule has 0 aliphatic carbocycles. The van der Waals surface area contributed by atoms with Crippen LogP contribution in [0.5, 0.6) is 0 Å². The highest BCUT2D eigenvalue weighted by atomic mass is 19.1. The lowest BCUT2D eigenvalue weighted by atomic mass is 9.73. The first kappa shape index (κ1) is 18.7. The van der Waals surface area contributed by atoms with E-state index in [9.17, 15) is 14.6 Å². The average molecular weight is 352 g/mol. The Labute approximate surface area is 149 Å². The van der Waals surface area contributed by atoms with Crippen molar-refractivity contribution >= 4 is 0 Å². The molecule has 2 aliphatic rings. The maximum Gasteiger partial charge on any atom is 0.123 e. The zero-order chi connectivity index (χ0) is 17.7. The predicted octanol–water partition coefficient (Wildman–Crippen LogP) is 0.746. The van der Waals surface area contributed by atoms with E-state index in [4.69, 9.17) is 4.74 Å². The quantitative estimate of drug-likeness (QED) is 0.791. The number of aliphatic hydroxyl groups excluding tert-OH is 2. The third-order valence-electron chi connectivity index (χ3n) is 5.58. The summed E-state index contributed by atoms with van der Waals surface area (Å²) in [6, 6.07) is 6.36. The van der Waals surface area contributed by atoms with Crippen molar-refractivity contribution in [3.63, 3.8) is 0 Å². The van der Waals surface area contributed by atoms with E-state index in [0.717, 1.165) is 51.5 Å². The maximum atomic E-state index is 13.1. The molecule has 2 heterocycles. The van der Waals surface area contributed by atoms with Gasteiger partial charge in [-0.25, -0.2) is 4.39 Å². The van der Waals surface area contributed by atoms with Crippen LogP contribution in [0.1, 0.15) is 12.0 Å². The first-order chi connectivity index (χ1) is 12.1. The summed E-state index contributed by atoms with van der Waals surface area (Å²) in [5.41, 5.74) is 0.366. The van der Waals surface area contributed by atoms with E-state index < -0.39 is 11.5 Å². The summed E-state index contributed by atoms with van der Waals surface area (Å²) in [6.07, 6.45) is 0.673. The highest BCUT2D eigenvalue weighted by Crippen LogP contribution is 2.34. The number of likely N-dealkylation sites (tertiary alicyclic amines) is 1.